The maximum atomic E-state index is 6.15. The fourth-order valence-electron chi connectivity index (χ4n) is 2.18. The second kappa shape index (κ2) is 5.30. The molecule has 1 saturated carbocycles. The highest BCUT2D eigenvalue weighted by Crippen LogP contribution is 2.36. The summed E-state index contributed by atoms with van der Waals surface area (Å²) < 4.78 is 5.28. The Morgan fingerprint density at radius 1 is 1.41 bits per heavy atom. The average molecular weight is 234 g/mol. The molecule has 0 atom stereocenters. The van der Waals surface area contributed by atoms with Crippen LogP contribution in [0.15, 0.2) is 18.2 Å². The Morgan fingerprint density at radius 2 is 2.18 bits per heavy atom. The summed E-state index contributed by atoms with van der Waals surface area (Å²) >= 11 is 0. The van der Waals surface area contributed by atoms with E-state index in [0.29, 0.717) is 0 Å². The van der Waals surface area contributed by atoms with Crippen LogP contribution in [0.1, 0.15) is 26.2 Å². The Hall–Kier alpha value is -1.38. The first kappa shape index (κ1) is 12.1. The standard InChI is InChI=1S/C14H22N2O/c1-3-9-16(10-11-7-8-11)12-5-4-6-13(17-2)14(12)15/h4-6,11H,3,7-10,15H2,1-2H3. The molecule has 0 saturated heterocycles. The Kier molecular flexibility index (Phi) is 3.77. The summed E-state index contributed by atoms with van der Waals surface area (Å²) in [7, 11) is 1.67. The number of methoxy groups -OCH3 is 1. The first-order chi connectivity index (χ1) is 8.26. The summed E-state index contributed by atoms with van der Waals surface area (Å²) in [5, 5.41) is 0. The quantitative estimate of drug-likeness (QED) is 0.769. The lowest BCUT2D eigenvalue weighted by Gasteiger charge is -2.26. The number of benzene rings is 1. The average Bonchev–Trinajstić information content (AvgIpc) is 3.13. The van der Waals surface area contributed by atoms with Gasteiger partial charge in [0.25, 0.3) is 0 Å². The zero-order valence-electron chi connectivity index (χ0n) is 10.8. The second-order valence-electron chi connectivity index (χ2n) is 4.78. The molecule has 1 aliphatic carbocycles. The Morgan fingerprint density at radius 3 is 2.76 bits per heavy atom. The van der Waals surface area contributed by atoms with Crippen molar-refractivity contribution in [1.82, 2.24) is 0 Å². The number of anilines is 2. The van der Waals surface area contributed by atoms with Crippen LogP contribution in [-0.2, 0) is 0 Å². The summed E-state index contributed by atoms with van der Waals surface area (Å²) in [6.07, 6.45) is 3.87. The van der Waals surface area contributed by atoms with E-state index in [0.717, 1.165) is 42.6 Å². The molecule has 1 aromatic rings. The van der Waals surface area contributed by atoms with E-state index in [1.165, 1.54) is 12.8 Å². The highest BCUT2D eigenvalue weighted by atomic mass is 16.5. The maximum Gasteiger partial charge on any atom is 0.143 e. The third-order valence-electron chi connectivity index (χ3n) is 3.27. The van der Waals surface area contributed by atoms with Gasteiger partial charge < -0.3 is 15.4 Å². The van der Waals surface area contributed by atoms with E-state index in [-0.39, 0.29) is 0 Å². The minimum atomic E-state index is 0.768. The van der Waals surface area contributed by atoms with Crippen LogP contribution in [0.25, 0.3) is 0 Å². The third kappa shape index (κ3) is 2.84. The third-order valence-corrected chi connectivity index (χ3v) is 3.27. The van der Waals surface area contributed by atoms with Gasteiger partial charge in [-0.2, -0.15) is 0 Å². The minimum Gasteiger partial charge on any atom is -0.495 e. The predicted octanol–water partition coefficient (Wildman–Crippen LogP) is 2.90. The fourth-order valence-corrected chi connectivity index (χ4v) is 2.18. The van der Waals surface area contributed by atoms with Crippen molar-refractivity contribution in [2.75, 3.05) is 30.8 Å². The van der Waals surface area contributed by atoms with Gasteiger partial charge in [0.15, 0.2) is 0 Å². The van der Waals surface area contributed by atoms with Crippen LogP contribution >= 0.6 is 0 Å². The van der Waals surface area contributed by atoms with Crippen LogP contribution in [0.2, 0.25) is 0 Å². The maximum absolute atomic E-state index is 6.15. The Bertz CT molecular complexity index is 374. The number of nitrogen functional groups attached to an aromatic ring is 1. The number of para-hydroxylation sites is 1. The molecule has 0 radical (unpaired) electrons. The van der Waals surface area contributed by atoms with Gasteiger partial charge in [0.1, 0.15) is 5.75 Å². The molecule has 2 rings (SSSR count). The number of rotatable bonds is 6. The van der Waals surface area contributed by atoms with Crippen LogP contribution in [0.4, 0.5) is 11.4 Å². The molecule has 0 spiro atoms. The molecule has 3 nitrogen and oxygen atoms in total. The lowest BCUT2D eigenvalue weighted by Crippen LogP contribution is -2.27. The fraction of sp³-hybridized carbons (Fsp3) is 0.571. The molecule has 1 aromatic carbocycles. The van der Waals surface area contributed by atoms with E-state index < -0.39 is 0 Å². The predicted molar refractivity (Wildman–Crippen MR) is 72.6 cm³/mol. The highest BCUT2D eigenvalue weighted by molar-refractivity contribution is 5.74. The molecule has 2 N–H and O–H groups in total. The molecular formula is C14H22N2O. The van der Waals surface area contributed by atoms with Crippen molar-refractivity contribution >= 4 is 11.4 Å². The van der Waals surface area contributed by atoms with E-state index in [1.54, 1.807) is 7.11 Å². The molecule has 94 valence electrons. The molecule has 3 heteroatoms. The molecule has 0 aliphatic heterocycles. The lowest BCUT2D eigenvalue weighted by molar-refractivity contribution is 0.417. The van der Waals surface area contributed by atoms with Gasteiger partial charge in [0, 0.05) is 13.1 Å². The van der Waals surface area contributed by atoms with Crippen molar-refractivity contribution in [3.63, 3.8) is 0 Å². The smallest absolute Gasteiger partial charge is 0.143 e. The first-order valence-electron chi connectivity index (χ1n) is 6.43. The normalized spacial score (nSPS) is 14.7. The number of ether oxygens (including phenoxy) is 1. The van der Waals surface area contributed by atoms with Gasteiger partial charge in [-0.25, -0.2) is 0 Å². The topological polar surface area (TPSA) is 38.5 Å². The van der Waals surface area contributed by atoms with Crippen molar-refractivity contribution in [1.29, 1.82) is 0 Å². The molecule has 0 heterocycles. The van der Waals surface area contributed by atoms with Gasteiger partial charge in [-0.15, -0.1) is 0 Å². The molecule has 0 unspecified atom stereocenters. The first-order valence-corrected chi connectivity index (χ1v) is 6.43. The number of hydrogen-bond acceptors (Lipinski definition) is 3. The van der Waals surface area contributed by atoms with Crippen LogP contribution in [0.3, 0.4) is 0 Å². The van der Waals surface area contributed by atoms with E-state index >= 15 is 0 Å². The van der Waals surface area contributed by atoms with Gasteiger partial charge in [0.05, 0.1) is 18.5 Å². The zero-order valence-corrected chi connectivity index (χ0v) is 10.8. The van der Waals surface area contributed by atoms with Gasteiger partial charge >= 0.3 is 0 Å². The summed E-state index contributed by atoms with van der Waals surface area (Å²) in [4.78, 5) is 2.40. The monoisotopic (exact) mass is 234 g/mol. The van der Waals surface area contributed by atoms with Crippen LogP contribution in [0.5, 0.6) is 5.75 Å². The van der Waals surface area contributed by atoms with Crippen molar-refractivity contribution < 1.29 is 4.74 Å². The van der Waals surface area contributed by atoms with Gasteiger partial charge in [-0.3, -0.25) is 0 Å². The lowest BCUT2D eigenvalue weighted by atomic mass is 10.2. The SMILES string of the molecule is CCCN(CC1CC1)c1cccc(OC)c1N. The molecule has 1 aliphatic rings. The van der Waals surface area contributed by atoms with Crippen LogP contribution in [-0.4, -0.2) is 20.2 Å². The largest absolute Gasteiger partial charge is 0.495 e. The number of nitrogens with two attached hydrogens (primary N) is 1. The van der Waals surface area contributed by atoms with Crippen molar-refractivity contribution in [3.05, 3.63) is 18.2 Å². The molecule has 0 bridgehead atoms. The van der Waals surface area contributed by atoms with Crippen LogP contribution in [0, 0.1) is 5.92 Å². The molecular weight excluding hydrogens is 212 g/mol. The zero-order chi connectivity index (χ0) is 12.3. The molecule has 0 aromatic heterocycles. The van der Waals surface area contributed by atoms with Crippen molar-refractivity contribution in [3.8, 4) is 5.75 Å². The van der Waals surface area contributed by atoms with Gasteiger partial charge in [-0.05, 0) is 37.3 Å². The molecule has 1 fully saturated rings. The summed E-state index contributed by atoms with van der Waals surface area (Å²) in [6.45, 7) is 4.40. The van der Waals surface area contributed by atoms with E-state index in [2.05, 4.69) is 17.9 Å². The van der Waals surface area contributed by atoms with Crippen molar-refractivity contribution in [2.24, 2.45) is 5.92 Å². The number of hydrogen-bond donors (Lipinski definition) is 1. The highest BCUT2D eigenvalue weighted by Gasteiger charge is 2.25. The van der Waals surface area contributed by atoms with Crippen LogP contribution < -0.4 is 15.4 Å². The van der Waals surface area contributed by atoms with Gasteiger partial charge in [-0.1, -0.05) is 13.0 Å². The van der Waals surface area contributed by atoms with E-state index in [4.69, 9.17) is 10.5 Å². The van der Waals surface area contributed by atoms with E-state index in [9.17, 15) is 0 Å². The summed E-state index contributed by atoms with van der Waals surface area (Å²) in [5.41, 5.74) is 8.05. The second-order valence-corrected chi connectivity index (χ2v) is 4.78. The molecule has 17 heavy (non-hydrogen) atoms. The number of nitrogens with zero attached hydrogens (tertiary/aromatic N) is 1. The Balaban J connectivity index is 2.20. The summed E-state index contributed by atoms with van der Waals surface area (Å²) in [5.74, 6) is 1.64. The van der Waals surface area contributed by atoms with Gasteiger partial charge in [0.2, 0.25) is 0 Å². The Labute approximate surface area is 104 Å². The van der Waals surface area contributed by atoms with E-state index in [1.807, 2.05) is 12.1 Å². The summed E-state index contributed by atoms with van der Waals surface area (Å²) in [6, 6.07) is 6.02. The minimum absolute atomic E-state index is 0.768. The molecule has 0 amide bonds. The van der Waals surface area contributed by atoms with Crippen molar-refractivity contribution in [2.45, 2.75) is 26.2 Å².